The Morgan fingerprint density at radius 3 is 2.31 bits per heavy atom. The number of allylic oxidation sites excluding steroid dienone is 4. The molecule has 0 saturated heterocycles. The molecule has 2 heterocycles. The zero-order valence-corrected chi connectivity index (χ0v) is 27.2. The van der Waals surface area contributed by atoms with Gasteiger partial charge in [-0.25, -0.2) is 16.8 Å². The average molecular weight is 648 g/mol. The van der Waals surface area contributed by atoms with Crippen LogP contribution in [-0.2, 0) is 26.8 Å². The molecule has 0 aliphatic carbocycles. The van der Waals surface area contributed by atoms with Crippen molar-refractivity contribution in [3.05, 3.63) is 81.4 Å². The predicted molar refractivity (Wildman–Crippen MR) is 170 cm³/mol. The van der Waals surface area contributed by atoms with E-state index < -0.39 is 20.2 Å². The Labute approximate surface area is 257 Å². The van der Waals surface area contributed by atoms with Crippen molar-refractivity contribution in [3.63, 3.8) is 0 Å². The Morgan fingerprint density at radius 1 is 0.929 bits per heavy atom. The average Bonchev–Trinajstić information content (AvgIpc) is 3.41. The molecular formula is C30H35N2O6S4-. The number of aromatic nitrogens is 1. The smallest absolute Gasteiger partial charge is 0.262 e. The lowest BCUT2D eigenvalue weighted by atomic mass is 10.2. The number of thioether (sulfide) groups is 1. The molecular weight excluding hydrogens is 613 g/mol. The fourth-order valence-electron chi connectivity index (χ4n) is 4.69. The number of rotatable bonds is 13. The Morgan fingerprint density at radius 2 is 1.60 bits per heavy atom. The summed E-state index contributed by atoms with van der Waals surface area (Å²) in [7, 11) is -8.44. The van der Waals surface area contributed by atoms with Crippen LogP contribution in [0.3, 0.4) is 0 Å². The van der Waals surface area contributed by atoms with Gasteiger partial charge < -0.3 is 14.0 Å². The molecule has 1 aromatic heterocycles. The van der Waals surface area contributed by atoms with Gasteiger partial charge in [-0.15, -0.1) is 0 Å². The Hall–Kier alpha value is -2.48. The van der Waals surface area contributed by atoms with Gasteiger partial charge in [0.15, 0.2) is 6.54 Å². The summed E-state index contributed by atoms with van der Waals surface area (Å²) in [4.78, 5) is 3.32. The number of aryl methyl sites for hydroxylation is 3. The van der Waals surface area contributed by atoms with Crippen LogP contribution in [0.1, 0.15) is 48.7 Å². The minimum atomic E-state index is -4.22. The molecule has 2 aromatic carbocycles. The number of unbranched alkanes of at least 4 members (excludes halogenated alkanes) is 2. The number of anilines is 1. The first-order chi connectivity index (χ1) is 19.8. The fraction of sp³-hybridized carbons (Fsp3) is 0.367. The lowest BCUT2D eigenvalue weighted by molar-refractivity contribution is -0.669. The molecule has 0 atom stereocenters. The second-order valence-electron chi connectivity index (χ2n) is 10.5. The van der Waals surface area contributed by atoms with E-state index in [9.17, 15) is 25.9 Å². The van der Waals surface area contributed by atoms with Crippen molar-refractivity contribution in [1.29, 1.82) is 0 Å². The van der Waals surface area contributed by atoms with Crippen molar-refractivity contribution in [2.24, 2.45) is 0 Å². The molecule has 8 nitrogen and oxygen atoms in total. The molecule has 12 heteroatoms. The maximum absolute atomic E-state index is 11.0. The van der Waals surface area contributed by atoms with Crippen LogP contribution < -0.4 is 9.47 Å². The molecule has 42 heavy (non-hydrogen) atoms. The summed E-state index contributed by atoms with van der Waals surface area (Å²) in [5.41, 5.74) is 5.52. The first-order valence-electron chi connectivity index (χ1n) is 13.7. The summed E-state index contributed by atoms with van der Waals surface area (Å²) >= 11 is 3.34. The molecule has 226 valence electrons. The summed E-state index contributed by atoms with van der Waals surface area (Å²) in [5.74, 6) is -0.709. The van der Waals surface area contributed by atoms with E-state index >= 15 is 0 Å². The molecule has 0 radical (unpaired) electrons. The molecule has 0 spiro atoms. The normalized spacial score (nSPS) is 15.4. The van der Waals surface area contributed by atoms with Gasteiger partial charge in [0.25, 0.3) is 5.01 Å². The number of hydrogen-bond donors (Lipinski definition) is 0. The third-order valence-corrected chi connectivity index (χ3v) is 10.6. The van der Waals surface area contributed by atoms with Crippen molar-refractivity contribution in [3.8, 4) is 0 Å². The summed E-state index contributed by atoms with van der Waals surface area (Å²) in [6.45, 7) is 7.35. The van der Waals surface area contributed by atoms with Crippen LogP contribution in [0.25, 0.3) is 16.3 Å². The lowest BCUT2D eigenvalue weighted by Crippen LogP contribution is -2.35. The molecule has 4 rings (SSSR count). The second kappa shape index (κ2) is 13.9. The SMILES string of the molecule is CC(/C=C/c1sc2cc(C)ccc2[n+]1CCCCS(=O)(=O)[O-])=C\C=C1/Sc2cc(C)ccc2N1CCCCS(=O)(=O)[O-]. The first kappa shape index (κ1) is 32.4. The van der Waals surface area contributed by atoms with Gasteiger partial charge in [-0.1, -0.05) is 53.0 Å². The molecule has 1 aliphatic heterocycles. The number of fused-ring (bicyclic) bond motifs is 2. The summed E-state index contributed by atoms with van der Waals surface area (Å²) in [5, 5.41) is 2.07. The molecule has 3 aromatic rings. The van der Waals surface area contributed by atoms with Crippen LogP contribution in [0.2, 0.25) is 0 Å². The maximum Gasteiger partial charge on any atom is 0.262 e. The standard InChI is InChI=1S/C30H36N2O6S4/c1-22(10-14-29-31(16-4-6-18-41(33,34)35)25-12-8-23(2)20-27(25)39-29)11-15-30-32(17-5-7-19-42(36,37)38)26-13-9-24(3)21-28(26)40-30/h8-15,20-21H,4-7,16-19H2,1-3H3,(H-,33,34,35,36,37,38)/p-1. The van der Waals surface area contributed by atoms with E-state index in [1.165, 1.54) is 0 Å². The minimum Gasteiger partial charge on any atom is -0.748 e. The topological polar surface area (TPSA) is 122 Å². The van der Waals surface area contributed by atoms with Crippen LogP contribution in [0, 0.1) is 13.8 Å². The van der Waals surface area contributed by atoms with Crippen LogP contribution in [0.4, 0.5) is 5.69 Å². The van der Waals surface area contributed by atoms with E-state index in [0.717, 1.165) is 47.5 Å². The fourth-order valence-corrected chi connectivity index (χ4v) is 8.19. The highest BCUT2D eigenvalue weighted by Crippen LogP contribution is 2.46. The highest BCUT2D eigenvalue weighted by Gasteiger charge is 2.24. The molecule has 0 bridgehead atoms. The monoisotopic (exact) mass is 647 g/mol. The van der Waals surface area contributed by atoms with Crippen molar-refractivity contribution < 1.29 is 30.5 Å². The largest absolute Gasteiger partial charge is 0.748 e. The zero-order chi connectivity index (χ0) is 30.5. The molecule has 1 aliphatic rings. The highest BCUT2D eigenvalue weighted by molar-refractivity contribution is 8.03. The molecule has 0 amide bonds. The van der Waals surface area contributed by atoms with E-state index in [1.54, 1.807) is 23.1 Å². The van der Waals surface area contributed by atoms with Gasteiger partial charge in [-0.05, 0) is 75.4 Å². The van der Waals surface area contributed by atoms with Crippen LogP contribution in [0.5, 0.6) is 0 Å². The van der Waals surface area contributed by atoms with Gasteiger partial charge in [0.1, 0.15) is 4.70 Å². The Kier molecular flexibility index (Phi) is 10.7. The number of hydrogen-bond acceptors (Lipinski definition) is 9. The summed E-state index contributed by atoms with van der Waals surface area (Å²) in [6.07, 6.45) is 10.0. The van der Waals surface area contributed by atoms with E-state index in [2.05, 4.69) is 58.0 Å². The van der Waals surface area contributed by atoms with Crippen molar-refractivity contribution in [2.45, 2.75) is 57.9 Å². The van der Waals surface area contributed by atoms with Gasteiger partial charge in [0.05, 0.1) is 31.0 Å². The second-order valence-corrected chi connectivity index (χ2v) is 15.6. The summed E-state index contributed by atoms with van der Waals surface area (Å²) in [6, 6.07) is 12.5. The van der Waals surface area contributed by atoms with Gasteiger partial charge in [-0.2, -0.15) is 4.57 Å². The van der Waals surface area contributed by atoms with Gasteiger partial charge in [0, 0.05) is 41.5 Å². The van der Waals surface area contributed by atoms with E-state index in [-0.39, 0.29) is 11.5 Å². The zero-order valence-electron chi connectivity index (χ0n) is 23.9. The van der Waals surface area contributed by atoms with E-state index in [0.29, 0.717) is 38.8 Å². The van der Waals surface area contributed by atoms with Crippen LogP contribution >= 0.6 is 23.1 Å². The van der Waals surface area contributed by atoms with Crippen LogP contribution in [-0.4, -0.2) is 44.0 Å². The highest BCUT2D eigenvalue weighted by atomic mass is 32.2. The number of thiazole rings is 1. The number of benzene rings is 2. The molecule has 0 N–H and O–H groups in total. The maximum atomic E-state index is 11.0. The van der Waals surface area contributed by atoms with Crippen molar-refractivity contribution >= 4 is 65.3 Å². The Balaban J connectivity index is 1.53. The van der Waals surface area contributed by atoms with Crippen LogP contribution in [0.15, 0.2) is 70.1 Å². The van der Waals surface area contributed by atoms with Gasteiger partial charge in [0.2, 0.25) is 5.52 Å². The van der Waals surface area contributed by atoms with Crippen molar-refractivity contribution in [2.75, 3.05) is 23.0 Å². The third kappa shape index (κ3) is 9.26. The number of nitrogens with zero attached hydrogens (tertiary/aromatic N) is 2. The first-order valence-corrected chi connectivity index (χ1v) is 18.5. The van der Waals surface area contributed by atoms with Gasteiger partial charge >= 0.3 is 0 Å². The molecule has 0 saturated carbocycles. The molecule has 0 fully saturated rings. The van der Waals surface area contributed by atoms with Gasteiger partial charge in [-0.3, -0.25) is 0 Å². The van der Waals surface area contributed by atoms with E-state index in [4.69, 9.17) is 0 Å². The van der Waals surface area contributed by atoms with Crippen molar-refractivity contribution in [1.82, 2.24) is 0 Å². The van der Waals surface area contributed by atoms with E-state index in [1.807, 2.05) is 32.9 Å². The Bertz CT molecular complexity index is 1760. The lowest BCUT2D eigenvalue weighted by Gasteiger charge is -2.20. The quantitative estimate of drug-likeness (QED) is 0.0978. The predicted octanol–water partition coefficient (Wildman–Crippen LogP) is 5.87. The third-order valence-electron chi connectivity index (χ3n) is 6.80. The summed E-state index contributed by atoms with van der Waals surface area (Å²) < 4.78 is 69.5. The molecule has 0 unspecified atom stereocenters. The minimum absolute atomic E-state index is 0.320.